The standard InChI is InChI=1S/C16H30N4/c1-4-19(5-2)10-11-20-13-15(12-17-20)18-16-9-7-6-8-14(16)3/h12-14,16,18H,4-11H2,1-3H3. The molecule has 0 spiro atoms. The zero-order valence-corrected chi connectivity index (χ0v) is 13.3. The molecule has 1 heterocycles. The monoisotopic (exact) mass is 278 g/mol. The van der Waals surface area contributed by atoms with Crippen LogP contribution in [-0.4, -0.2) is 40.4 Å². The summed E-state index contributed by atoms with van der Waals surface area (Å²) in [4.78, 5) is 2.43. The van der Waals surface area contributed by atoms with Crippen LogP contribution in [0.15, 0.2) is 12.4 Å². The molecule has 2 unspecified atom stereocenters. The van der Waals surface area contributed by atoms with Crippen LogP contribution in [0.2, 0.25) is 0 Å². The van der Waals surface area contributed by atoms with Crippen LogP contribution < -0.4 is 5.32 Å². The molecule has 0 bridgehead atoms. The number of nitrogens with one attached hydrogen (secondary N) is 1. The molecule has 1 aromatic heterocycles. The first-order chi connectivity index (χ1) is 9.72. The quantitative estimate of drug-likeness (QED) is 0.831. The minimum Gasteiger partial charge on any atom is -0.380 e. The third kappa shape index (κ3) is 4.23. The predicted octanol–water partition coefficient (Wildman–Crippen LogP) is 3.22. The molecule has 0 aliphatic heterocycles. The van der Waals surface area contributed by atoms with Gasteiger partial charge in [0.2, 0.25) is 0 Å². The van der Waals surface area contributed by atoms with Gasteiger partial charge in [-0.05, 0) is 31.8 Å². The van der Waals surface area contributed by atoms with Crippen molar-refractivity contribution in [1.29, 1.82) is 0 Å². The van der Waals surface area contributed by atoms with E-state index in [9.17, 15) is 0 Å². The maximum absolute atomic E-state index is 4.47. The minimum absolute atomic E-state index is 0.629. The summed E-state index contributed by atoms with van der Waals surface area (Å²) in [5.74, 6) is 0.780. The molecule has 0 amide bonds. The van der Waals surface area contributed by atoms with Crippen LogP contribution in [-0.2, 0) is 6.54 Å². The zero-order valence-electron chi connectivity index (χ0n) is 13.3. The molecule has 1 N–H and O–H groups in total. The van der Waals surface area contributed by atoms with Crippen molar-refractivity contribution in [1.82, 2.24) is 14.7 Å². The lowest BCUT2D eigenvalue weighted by molar-refractivity contribution is 0.285. The van der Waals surface area contributed by atoms with E-state index in [4.69, 9.17) is 0 Å². The van der Waals surface area contributed by atoms with E-state index in [1.165, 1.54) is 31.4 Å². The second-order valence-corrected chi connectivity index (χ2v) is 6.03. The summed E-state index contributed by atoms with van der Waals surface area (Å²) >= 11 is 0. The summed E-state index contributed by atoms with van der Waals surface area (Å²) in [5, 5.41) is 8.14. The van der Waals surface area contributed by atoms with Crippen LogP contribution in [0.25, 0.3) is 0 Å². The van der Waals surface area contributed by atoms with Crippen molar-refractivity contribution in [2.24, 2.45) is 5.92 Å². The van der Waals surface area contributed by atoms with Crippen LogP contribution in [0, 0.1) is 5.92 Å². The number of anilines is 1. The molecule has 1 saturated carbocycles. The third-order valence-corrected chi connectivity index (χ3v) is 4.64. The molecule has 1 fully saturated rings. The van der Waals surface area contributed by atoms with Crippen molar-refractivity contribution in [2.45, 2.75) is 59.0 Å². The van der Waals surface area contributed by atoms with Crippen LogP contribution in [0.4, 0.5) is 5.69 Å². The second kappa shape index (κ2) is 7.67. The first-order valence-corrected chi connectivity index (χ1v) is 8.24. The van der Waals surface area contributed by atoms with Gasteiger partial charge in [0.1, 0.15) is 0 Å². The Morgan fingerprint density at radius 1 is 1.30 bits per heavy atom. The van der Waals surface area contributed by atoms with Crippen molar-refractivity contribution in [2.75, 3.05) is 25.0 Å². The van der Waals surface area contributed by atoms with Crippen LogP contribution in [0.3, 0.4) is 0 Å². The highest BCUT2D eigenvalue weighted by Crippen LogP contribution is 2.26. The maximum atomic E-state index is 4.47. The Morgan fingerprint density at radius 2 is 2.05 bits per heavy atom. The molecule has 114 valence electrons. The van der Waals surface area contributed by atoms with Gasteiger partial charge in [-0.3, -0.25) is 4.68 Å². The first-order valence-electron chi connectivity index (χ1n) is 8.24. The van der Waals surface area contributed by atoms with Crippen molar-refractivity contribution in [3.8, 4) is 0 Å². The summed E-state index contributed by atoms with van der Waals surface area (Å²) in [7, 11) is 0. The van der Waals surface area contributed by atoms with Crippen LogP contribution in [0.5, 0.6) is 0 Å². The van der Waals surface area contributed by atoms with Crippen molar-refractivity contribution in [3.05, 3.63) is 12.4 Å². The van der Waals surface area contributed by atoms with E-state index in [1.54, 1.807) is 0 Å². The average molecular weight is 278 g/mol. The van der Waals surface area contributed by atoms with Crippen LogP contribution in [0.1, 0.15) is 46.5 Å². The van der Waals surface area contributed by atoms with Gasteiger partial charge >= 0.3 is 0 Å². The number of likely N-dealkylation sites (N-methyl/N-ethyl adjacent to an activating group) is 1. The topological polar surface area (TPSA) is 33.1 Å². The molecule has 1 aliphatic carbocycles. The summed E-state index contributed by atoms with van der Waals surface area (Å²) < 4.78 is 2.06. The van der Waals surface area contributed by atoms with E-state index in [2.05, 4.69) is 47.0 Å². The number of nitrogens with zero attached hydrogens (tertiary/aromatic N) is 3. The number of aromatic nitrogens is 2. The van der Waals surface area contributed by atoms with Gasteiger partial charge in [-0.15, -0.1) is 0 Å². The lowest BCUT2D eigenvalue weighted by Crippen LogP contribution is -2.30. The summed E-state index contributed by atoms with van der Waals surface area (Å²) in [6.07, 6.45) is 9.54. The fourth-order valence-corrected chi connectivity index (χ4v) is 3.09. The Kier molecular flexibility index (Phi) is 5.89. The molecule has 1 aliphatic rings. The van der Waals surface area contributed by atoms with Crippen molar-refractivity contribution < 1.29 is 0 Å². The summed E-state index contributed by atoms with van der Waals surface area (Å²) in [5.41, 5.74) is 1.18. The van der Waals surface area contributed by atoms with Gasteiger partial charge in [0.15, 0.2) is 0 Å². The highest BCUT2D eigenvalue weighted by Gasteiger charge is 2.21. The van der Waals surface area contributed by atoms with E-state index >= 15 is 0 Å². The third-order valence-electron chi connectivity index (χ3n) is 4.64. The minimum atomic E-state index is 0.629. The SMILES string of the molecule is CCN(CC)CCn1cc(NC2CCCCC2C)cn1. The van der Waals surface area contributed by atoms with Gasteiger partial charge < -0.3 is 10.2 Å². The molecule has 0 saturated heterocycles. The van der Waals surface area contributed by atoms with Crippen molar-refractivity contribution in [3.63, 3.8) is 0 Å². The van der Waals surface area contributed by atoms with Crippen molar-refractivity contribution >= 4 is 5.69 Å². The van der Waals surface area contributed by atoms with Gasteiger partial charge in [0, 0.05) is 18.8 Å². The Labute approximate surface area is 123 Å². The average Bonchev–Trinajstić information content (AvgIpc) is 2.90. The first kappa shape index (κ1) is 15.4. The molecule has 0 radical (unpaired) electrons. The highest BCUT2D eigenvalue weighted by molar-refractivity contribution is 5.39. The maximum Gasteiger partial charge on any atom is 0.0728 e. The lowest BCUT2D eigenvalue weighted by atomic mass is 9.86. The zero-order chi connectivity index (χ0) is 14.4. The molecule has 2 rings (SSSR count). The fourth-order valence-electron chi connectivity index (χ4n) is 3.09. The van der Waals surface area contributed by atoms with Gasteiger partial charge in [-0.1, -0.05) is 33.6 Å². The summed E-state index contributed by atoms with van der Waals surface area (Å²) in [6, 6.07) is 0.629. The van der Waals surface area contributed by atoms with Gasteiger partial charge in [-0.2, -0.15) is 5.10 Å². The van der Waals surface area contributed by atoms with Gasteiger partial charge in [0.25, 0.3) is 0 Å². The molecule has 4 heteroatoms. The second-order valence-electron chi connectivity index (χ2n) is 6.03. The molecule has 4 nitrogen and oxygen atoms in total. The fraction of sp³-hybridized carbons (Fsp3) is 0.812. The van der Waals surface area contributed by atoms with Crippen LogP contribution >= 0.6 is 0 Å². The molecule has 1 aromatic rings. The van der Waals surface area contributed by atoms with Gasteiger partial charge in [-0.25, -0.2) is 0 Å². The summed E-state index contributed by atoms with van der Waals surface area (Å²) in [6.45, 7) is 11.1. The highest BCUT2D eigenvalue weighted by atomic mass is 15.3. The van der Waals surface area contributed by atoms with E-state index in [0.29, 0.717) is 6.04 Å². The molecular formula is C16H30N4. The molecular weight excluding hydrogens is 248 g/mol. The Hall–Kier alpha value is -1.03. The van der Waals surface area contributed by atoms with E-state index in [-0.39, 0.29) is 0 Å². The number of rotatable bonds is 7. The Morgan fingerprint density at radius 3 is 2.75 bits per heavy atom. The molecule has 2 atom stereocenters. The normalized spacial score (nSPS) is 23.2. The Bertz CT molecular complexity index is 384. The number of hydrogen-bond donors (Lipinski definition) is 1. The Balaban J connectivity index is 1.82. The predicted molar refractivity (Wildman–Crippen MR) is 85.1 cm³/mol. The van der Waals surface area contributed by atoms with Gasteiger partial charge in [0.05, 0.1) is 18.4 Å². The largest absolute Gasteiger partial charge is 0.380 e. The molecule has 0 aromatic carbocycles. The molecule has 20 heavy (non-hydrogen) atoms. The lowest BCUT2D eigenvalue weighted by Gasteiger charge is -2.29. The van der Waals surface area contributed by atoms with E-state index in [0.717, 1.165) is 32.1 Å². The number of hydrogen-bond acceptors (Lipinski definition) is 3. The van der Waals surface area contributed by atoms with E-state index in [1.807, 2.05) is 6.20 Å². The van der Waals surface area contributed by atoms with E-state index < -0.39 is 0 Å². The smallest absolute Gasteiger partial charge is 0.0728 e.